The van der Waals surface area contributed by atoms with E-state index in [1.807, 2.05) is 0 Å². The quantitative estimate of drug-likeness (QED) is 0.435. The van der Waals surface area contributed by atoms with Gasteiger partial charge in [0.25, 0.3) is 0 Å². The Bertz CT molecular complexity index is 76.6. The highest BCUT2D eigenvalue weighted by Gasteiger charge is 2.16. The minimum Gasteiger partial charge on any atom is -0.328 e. The fraction of sp³-hybridized carbons (Fsp3) is 1.00. The molecular formula is C8H18N+. The molecule has 1 heteroatoms. The van der Waals surface area contributed by atoms with Gasteiger partial charge in [0.1, 0.15) is 0 Å². The lowest BCUT2D eigenvalue weighted by Crippen LogP contribution is -2.39. The van der Waals surface area contributed by atoms with Crippen LogP contribution in [0.25, 0.3) is 0 Å². The lowest BCUT2D eigenvalue weighted by Gasteiger charge is -2.27. The zero-order chi connectivity index (χ0) is 6.74. The summed E-state index contributed by atoms with van der Waals surface area (Å²) in [6.07, 6.45) is 5.80. The molecule has 1 nitrogen and oxygen atoms in total. The molecule has 0 saturated carbocycles. The molecule has 0 spiro atoms. The van der Waals surface area contributed by atoms with Gasteiger partial charge in [-0.3, -0.25) is 0 Å². The maximum absolute atomic E-state index is 2.34. The average Bonchev–Trinajstić information content (AvgIpc) is 1.92. The minimum atomic E-state index is 1.25. The van der Waals surface area contributed by atoms with Crippen LogP contribution in [0.3, 0.4) is 0 Å². The van der Waals surface area contributed by atoms with Crippen LogP contribution in [0, 0.1) is 0 Å². The molecule has 1 rings (SSSR count). The fourth-order valence-corrected chi connectivity index (χ4v) is 1.55. The van der Waals surface area contributed by atoms with Gasteiger partial charge in [0.05, 0.1) is 27.2 Å². The average molecular weight is 128 g/mol. The van der Waals surface area contributed by atoms with Gasteiger partial charge >= 0.3 is 0 Å². The highest BCUT2D eigenvalue weighted by molar-refractivity contribution is 4.48. The molecule has 1 heterocycles. The minimum absolute atomic E-state index is 1.25. The van der Waals surface area contributed by atoms with Gasteiger partial charge in [-0.05, 0) is 25.7 Å². The molecule has 1 aliphatic heterocycles. The van der Waals surface area contributed by atoms with E-state index in [-0.39, 0.29) is 0 Å². The Hall–Kier alpha value is -0.0400. The Balaban J connectivity index is 2.36. The van der Waals surface area contributed by atoms with Crippen LogP contribution in [0.1, 0.15) is 25.7 Å². The summed E-state index contributed by atoms with van der Waals surface area (Å²) >= 11 is 0. The van der Waals surface area contributed by atoms with Crippen molar-refractivity contribution in [3.05, 3.63) is 0 Å². The van der Waals surface area contributed by atoms with Gasteiger partial charge in [-0.25, -0.2) is 0 Å². The normalized spacial score (nSPS) is 27.3. The van der Waals surface area contributed by atoms with Crippen LogP contribution < -0.4 is 0 Å². The molecule has 0 atom stereocenters. The van der Waals surface area contributed by atoms with Crippen LogP contribution in [0.2, 0.25) is 0 Å². The van der Waals surface area contributed by atoms with Crippen molar-refractivity contribution in [2.75, 3.05) is 27.2 Å². The van der Waals surface area contributed by atoms with Crippen molar-refractivity contribution in [1.29, 1.82) is 0 Å². The molecule has 0 aromatic heterocycles. The number of quaternary nitrogens is 1. The van der Waals surface area contributed by atoms with Crippen molar-refractivity contribution in [2.24, 2.45) is 0 Å². The van der Waals surface area contributed by atoms with E-state index in [2.05, 4.69) is 14.1 Å². The van der Waals surface area contributed by atoms with E-state index in [1.165, 1.54) is 43.3 Å². The summed E-state index contributed by atoms with van der Waals surface area (Å²) in [7, 11) is 4.68. The maximum Gasteiger partial charge on any atom is 0.0782 e. The Morgan fingerprint density at radius 1 is 0.778 bits per heavy atom. The number of rotatable bonds is 0. The predicted molar refractivity (Wildman–Crippen MR) is 40.3 cm³/mol. The van der Waals surface area contributed by atoms with Gasteiger partial charge in [0.2, 0.25) is 0 Å². The Morgan fingerprint density at radius 2 is 1.22 bits per heavy atom. The van der Waals surface area contributed by atoms with Crippen molar-refractivity contribution < 1.29 is 4.48 Å². The first-order chi connectivity index (χ1) is 4.21. The van der Waals surface area contributed by atoms with Gasteiger partial charge < -0.3 is 4.48 Å². The van der Waals surface area contributed by atoms with Crippen LogP contribution in [-0.4, -0.2) is 31.7 Å². The summed E-state index contributed by atoms with van der Waals surface area (Å²) in [6, 6.07) is 0. The second-order valence-electron chi connectivity index (χ2n) is 3.80. The molecule has 1 aliphatic rings. The molecule has 0 unspecified atom stereocenters. The largest absolute Gasteiger partial charge is 0.328 e. The zero-order valence-electron chi connectivity index (χ0n) is 6.69. The van der Waals surface area contributed by atoms with Crippen molar-refractivity contribution >= 4 is 0 Å². The zero-order valence-corrected chi connectivity index (χ0v) is 6.69. The van der Waals surface area contributed by atoms with Gasteiger partial charge in [-0.1, -0.05) is 0 Å². The van der Waals surface area contributed by atoms with Gasteiger partial charge in [0.15, 0.2) is 0 Å². The van der Waals surface area contributed by atoms with E-state index in [0.29, 0.717) is 0 Å². The van der Waals surface area contributed by atoms with E-state index < -0.39 is 0 Å². The smallest absolute Gasteiger partial charge is 0.0782 e. The molecule has 0 aliphatic carbocycles. The predicted octanol–water partition coefficient (Wildman–Crippen LogP) is 1.64. The van der Waals surface area contributed by atoms with Crippen molar-refractivity contribution in [3.63, 3.8) is 0 Å². The molecule has 1 fully saturated rings. The number of nitrogens with zero attached hydrogens (tertiary/aromatic N) is 1. The Kier molecular flexibility index (Phi) is 2.12. The van der Waals surface area contributed by atoms with Crippen LogP contribution in [0.4, 0.5) is 0 Å². The van der Waals surface area contributed by atoms with Crippen molar-refractivity contribution in [1.82, 2.24) is 0 Å². The third-order valence-electron chi connectivity index (χ3n) is 2.28. The highest BCUT2D eigenvalue weighted by Crippen LogP contribution is 2.12. The number of likely N-dealkylation sites (tertiary alicyclic amines) is 1. The first kappa shape index (κ1) is 7.07. The lowest BCUT2D eigenvalue weighted by molar-refractivity contribution is -0.889. The summed E-state index contributed by atoms with van der Waals surface area (Å²) < 4.78 is 1.25. The van der Waals surface area contributed by atoms with Crippen LogP contribution in [0.5, 0.6) is 0 Å². The fourth-order valence-electron chi connectivity index (χ4n) is 1.55. The van der Waals surface area contributed by atoms with E-state index in [1.54, 1.807) is 0 Å². The molecular weight excluding hydrogens is 110 g/mol. The standard InChI is InChI=1S/C8H18N/c1-9(2)7-5-3-4-6-8-9/h3-8H2,1-2H3/q+1. The Labute approximate surface area is 58.3 Å². The lowest BCUT2D eigenvalue weighted by atomic mass is 10.2. The maximum atomic E-state index is 2.34. The summed E-state index contributed by atoms with van der Waals surface area (Å²) in [6.45, 7) is 2.78. The molecule has 0 N–H and O–H groups in total. The monoisotopic (exact) mass is 128 g/mol. The van der Waals surface area contributed by atoms with E-state index >= 15 is 0 Å². The third-order valence-corrected chi connectivity index (χ3v) is 2.28. The van der Waals surface area contributed by atoms with Crippen LogP contribution >= 0.6 is 0 Å². The van der Waals surface area contributed by atoms with E-state index in [0.717, 1.165) is 0 Å². The molecule has 1 saturated heterocycles. The van der Waals surface area contributed by atoms with Crippen LogP contribution in [0.15, 0.2) is 0 Å². The highest BCUT2D eigenvalue weighted by atomic mass is 15.3. The van der Waals surface area contributed by atoms with Crippen molar-refractivity contribution in [2.45, 2.75) is 25.7 Å². The third kappa shape index (κ3) is 2.35. The van der Waals surface area contributed by atoms with E-state index in [4.69, 9.17) is 0 Å². The first-order valence-corrected chi connectivity index (χ1v) is 4.03. The molecule has 0 aromatic carbocycles. The number of hydrogen-bond acceptors (Lipinski definition) is 0. The first-order valence-electron chi connectivity index (χ1n) is 4.03. The molecule has 9 heavy (non-hydrogen) atoms. The van der Waals surface area contributed by atoms with E-state index in [9.17, 15) is 0 Å². The molecule has 0 radical (unpaired) electrons. The number of hydrogen-bond donors (Lipinski definition) is 0. The van der Waals surface area contributed by atoms with Crippen LogP contribution in [-0.2, 0) is 0 Å². The SMILES string of the molecule is C[N+]1(C)CCCCCC1. The topological polar surface area (TPSA) is 0 Å². The summed E-state index contributed by atoms with van der Waals surface area (Å²) in [4.78, 5) is 0. The van der Waals surface area contributed by atoms with Gasteiger partial charge in [-0.2, -0.15) is 0 Å². The molecule has 0 amide bonds. The Morgan fingerprint density at radius 3 is 1.67 bits per heavy atom. The molecule has 0 aromatic rings. The molecule has 0 bridgehead atoms. The summed E-state index contributed by atoms with van der Waals surface area (Å²) in [5.74, 6) is 0. The summed E-state index contributed by atoms with van der Waals surface area (Å²) in [5.41, 5.74) is 0. The van der Waals surface area contributed by atoms with Gasteiger partial charge in [0, 0.05) is 0 Å². The second kappa shape index (κ2) is 2.70. The molecule has 54 valence electrons. The van der Waals surface area contributed by atoms with Crippen molar-refractivity contribution in [3.8, 4) is 0 Å². The second-order valence-corrected chi connectivity index (χ2v) is 3.80. The summed E-state index contributed by atoms with van der Waals surface area (Å²) in [5, 5.41) is 0. The van der Waals surface area contributed by atoms with Gasteiger partial charge in [-0.15, -0.1) is 0 Å².